The van der Waals surface area contributed by atoms with Crippen molar-refractivity contribution in [1.82, 2.24) is 15.1 Å². The van der Waals surface area contributed by atoms with Crippen molar-refractivity contribution >= 4 is 35.8 Å². The van der Waals surface area contributed by atoms with E-state index in [-0.39, 0.29) is 36.4 Å². The number of hydrogen-bond donors (Lipinski definition) is 1. The van der Waals surface area contributed by atoms with Crippen LogP contribution in [-0.2, 0) is 17.6 Å². The summed E-state index contributed by atoms with van der Waals surface area (Å²) in [4.78, 5) is 20.5. The molecule has 1 N–H and O–H groups in total. The van der Waals surface area contributed by atoms with Gasteiger partial charge in [-0.15, -0.1) is 24.0 Å². The number of hydrogen-bond acceptors (Lipinski definition) is 3. The van der Waals surface area contributed by atoms with Crippen molar-refractivity contribution < 1.29 is 9.21 Å². The molecule has 1 aliphatic heterocycles. The maximum Gasteiger partial charge on any atom is 0.243 e. The quantitative estimate of drug-likeness (QED) is 0.343. The Kier molecular flexibility index (Phi) is 10.2. The van der Waals surface area contributed by atoms with Gasteiger partial charge in [0.1, 0.15) is 12.3 Å². The highest BCUT2D eigenvalue weighted by Gasteiger charge is 2.22. The first-order chi connectivity index (χ1) is 14.1. The van der Waals surface area contributed by atoms with Gasteiger partial charge in [0.2, 0.25) is 5.91 Å². The summed E-state index contributed by atoms with van der Waals surface area (Å²) in [6, 6.07) is 14.6. The maximum absolute atomic E-state index is 12.0. The normalized spacial score (nSPS) is 14.9. The van der Waals surface area contributed by atoms with Crippen LogP contribution in [-0.4, -0.2) is 61.9 Å². The third kappa shape index (κ3) is 7.66. The molecule has 1 aliphatic rings. The minimum atomic E-state index is 0. The second-order valence-electron chi connectivity index (χ2n) is 7.80. The number of nitrogens with one attached hydrogen (secondary N) is 1. The highest BCUT2D eigenvalue weighted by molar-refractivity contribution is 14.0. The molecule has 1 fully saturated rings. The first-order valence-corrected chi connectivity index (χ1v) is 10.4. The van der Waals surface area contributed by atoms with Crippen LogP contribution in [0, 0.1) is 5.92 Å². The van der Waals surface area contributed by atoms with Crippen molar-refractivity contribution in [1.29, 1.82) is 0 Å². The lowest BCUT2D eigenvalue weighted by Gasteiger charge is -2.34. The zero-order valence-electron chi connectivity index (χ0n) is 17.9. The van der Waals surface area contributed by atoms with Crippen LogP contribution in [0.2, 0.25) is 0 Å². The second kappa shape index (κ2) is 12.6. The van der Waals surface area contributed by atoms with E-state index in [1.54, 1.807) is 25.3 Å². The van der Waals surface area contributed by atoms with Crippen LogP contribution in [0.3, 0.4) is 0 Å². The molecule has 0 atom stereocenters. The number of piperidine rings is 1. The summed E-state index contributed by atoms with van der Waals surface area (Å²) >= 11 is 0. The summed E-state index contributed by atoms with van der Waals surface area (Å²) in [6.07, 6.45) is 5.88. The van der Waals surface area contributed by atoms with Crippen LogP contribution in [0.5, 0.6) is 0 Å². The fourth-order valence-corrected chi connectivity index (χ4v) is 3.60. The smallest absolute Gasteiger partial charge is 0.243 e. The van der Waals surface area contributed by atoms with E-state index in [0.717, 1.165) is 57.0 Å². The predicted octanol–water partition coefficient (Wildman–Crippen LogP) is 3.43. The van der Waals surface area contributed by atoms with Gasteiger partial charge in [0.05, 0.1) is 6.26 Å². The maximum atomic E-state index is 12.0. The molecule has 7 heteroatoms. The summed E-state index contributed by atoms with van der Waals surface area (Å²) in [5, 5.41) is 3.43. The van der Waals surface area contributed by atoms with Gasteiger partial charge in [-0.1, -0.05) is 30.3 Å². The number of guanidine groups is 1. The van der Waals surface area contributed by atoms with Crippen LogP contribution >= 0.6 is 24.0 Å². The molecular weight excluding hydrogens is 491 g/mol. The zero-order chi connectivity index (χ0) is 20.5. The summed E-state index contributed by atoms with van der Waals surface area (Å²) in [6.45, 7) is 2.81. The molecule has 164 valence electrons. The van der Waals surface area contributed by atoms with Crippen LogP contribution in [0.1, 0.15) is 24.2 Å². The number of aliphatic imine (C=N–C) groups is 1. The molecule has 2 heterocycles. The van der Waals surface area contributed by atoms with E-state index in [1.165, 1.54) is 5.56 Å². The number of amides is 1. The third-order valence-electron chi connectivity index (χ3n) is 5.38. The number of furan rings is 1. The van der Waals surface area contributed by atoms with Gasteiger partial charge in [0.25, 0.3) is 0 Å². The molecule has 6 nitrogen and oxygen atoms in total. The molecule has 3 rings (SSSR count). The van der Waals surface area contributed by atoms with Crippen LogP contribution in [0.4, 0.5) is 0 Å². The van der Waals surface area contributed by atoms with Crippen molar-refractivity contribution in [2.75, 3.05) is 40.3 Å². The van der Waals surface area contributed by atoms with E-state index in [1.807, 2.05) is 12.1 Å². The molecule has 0 saturated carbocycles. The van der Waals surface area contributed by atoms with Crippen LogP contribution in [0.25, 0.3) is 0 Å². The number of halogens is 1. The summed E-state index contributed by atoms with van der Waals surface area (Å²) in [5.41, 5.74) is 1.41. The molecule has 30 heavy (non-hydrogen) atoms. The molecule has 1 aromatic heterocycles. The van der Waals surface area contributed by atoms with Crippen molar-refractivity contribution in [2.45, 2.75) is 25.7 Å². The fraction of sp³-hybridized carbons (Fsp3) is 0.478. The number of nitrogens with zero attached hydrogens (tertiary/aromatic N) is 3. The lowest BCUT2D eigenvalue weighted by atomic mass is 9.90. The summed E-state index contributed by atoms with van der Waals surface area (Å²) in [5.74, 6) is 2.48. The monoisotopic (exact) mass is 524 g/mol. The van der Waals surface area contributed by atoms with E-state index >= 15 is 0 Å². The van der Waals surface area contributed by atoms with Gasteiger partial charge < -0.3 is 19.5 Å². The van der Waals surface area contributed by atoms with Gasteiger partial charge >= 0.3 is 0 Å². The van der Waals surface area contributed by atoms with Gasteiger partial charge in [-0.05, 0) is 42.9 Å². The lowest BCUT2D eigenvalue weighted by Crippen LogP contribution is -2.47. The first-order valence-electron chi connectivity index (χ1n) is 10.4. The molecule has 0 bridgehead atoms. The van der Waals surface area contributed by atoms with Gasteiger partial charge in [-0.3, -0.25) is 4.79 Å². The number of rotatable bonds is 7. The SMILES string of the molecule is CN(C)C(=O)CN=C(NCCc1ccco1)N1CCC(Cc2ccccc2)CC1.I. The summed E-state index contributed by atoms with van der Waals surface area (Å²) < 4.78 is 5.41. The minimum Gasteiger partial charge on any atom is -0.469 e. The average Bonchev–Trinajstić information content (AvgIpc) is 3.25. The highest BCUT2D eigenvalue weighted by atomic mass is 127. The Balaban J connectivity index is 0.00000320. The topological polar surface area (TPSA) is 61.1 Å². The van der Waals surface area contributed by atoms with Crippen molar-refractivity contribution in [3.8, 4) is 0 Å². The van der Waals surface area contributed by atoms with Crippen LogP contribution < -0.4 is 5.32 Å². The Labute approximate surface area is 196 Å². The van der Waals surface area contributed by atoms with E-state index < -0.39 is 0 Å². The lowest BCUT2D eigenvalue weighted by molar-refractivity contribution is -0.127. The van der Waals surface area contributed by atoms with Gasteiger partial charge in [0, 0.05) is 40.2 Å². The predicted molar refractivity (Wildman–Crippen MR) is 131 cm³/mol. The summed E-state index contributed by atoms with van der Waals surface area (Å²) in [7, 11) is 3.52. The second-order valence-corrected chi connectivity index (χ2v) is 7.80. The molecule has 1 aromatic carbocycles. The number of benzene rings is 1. The first kappa shape index (κ1) is 24.2. The Morgan fingerprint density at radius 1 is 1.17 bits per heavy atom. The average molecular weight is 524 g/mol. The van der Waals surface area contributed by atoms with E-state index in [4.69, 9.17) is 4.42 Å². The zero-order valence-corrected chi connectivity index (χ0v) is 20.2. The van der Waals surface area contributed by atoms with Gasteiger partial charge in [-0.25, -0.2) is 4.99 Å². The van der Waals surface area contributed by atoms with E-state index in [9.17, 15) is 4.79 Å². The van der Waals surface area contributed by atoms with Gasteiger partial charge in [-0.2, -0.15) is 0 Å². The van der Waals surface area contributed by atoms with Gasteiger partial charge in [0.15, 0.2) is 5.96 Å². The Morgan fingerprint density at radius 2 is 1.90 bits per heavy atom. The van der Waals surface area contributed by atoms with E-state index in [0.29, 0.717) is 5.92 Å². The number of likely N-dealkylation sites (tertiary alicyclic amines) is 1. The van der Waals surface area contributed by atoms with Crippen LogP contribution in [0.15, 0.2) is 58.1 Å². The Hall–Kier alpha value is -2.03. The van der Waals surface area contributed by atoms with Crippen molar-refractivity contribution in [3.05, 3.63) is 60.1 Å². The highest BCUT2D eigenvalue weighted by Crippen LogP contribution is 2.21. The molecule has 0 spiro atoms. The molecule has 0 unspecified atom stereocenters. The van der Waals surface area contributed by atoms with Crippen molar-refractivity contribution in [2.24, 2.45) is 10.9 Å². The molecule has 0 radical (unpaired) electrons. The third-order valence-corrected chi connectivity index (χ3v) is 5.38. The molecule has 1 amide bonds. The molecule has 0 aliphatic carbocycles. The fourth-order valence-electron chi connectivity index (χ4n) is 3.60. The van der Waals surface area contributed by atoms with E-state index in [2.05, 4.69) is 45.5 Å². The minimum absolute atomic E-state index is 0. The number of carbonyl (C=O) groups is 1. The number of likely N-dealkylation sites (N-methyl/N-ethyl adjacent to an activating group) is 1. The Morgan fingerprint density at radius 3 is 2.53 bits per heavy atom. The van der Waals surface area contributed by atoms with Crippen molar-refractivity contribution in [3.63, 3.8) is 0 Å². The largest absolute Gasteiger partial charge is 0.469 e. The Bertz CT molecular complexity index is 770. The molecular formula is C23H33IN4O2. The number of carbonyl (C=O) groups excluding carboxylic acids is 1. The molecule has 1 saturated heterocycles. The molecule has 2 aromatic rings. The standard InChI is InChI=1S/C23H32N4O2.HI/c1-26(2)22(28)18-25-23(24-13-10-21-9-6-16-29-21)27-14-11-20(12-15-27)17-19-7-4-3-5-8-19;/h3-9,16,20H,10-15,17-18H2,1-2H3,(H,24,25);1H.